The van der Waals surface area contributed by atoms with E-state index in [1.807, 2.05) is 6.92 Å². The standard InChI is InChI=1S/C11H16FN/c1-4-5-8(2)11-9(3)6-13-7-10(11)12/h6-8H,4-5H2,1-3H3. The van der Waals surface area contributed by atoms with Crippen molar-refractivity contribution in [3.05, 3.63) is 29.3 Å². The molecule has 0 bridgehead atoms. The summed E-state index contributed by atoms with van der Waals surface area (Å²) in [4.78, 5) is 3.81. The highest BCUT2D eigenvalue weighted by Crippen LogP contribution is 2.25. The Kier molecular flexibility index (Phi) is 3.40. The van der Waals surface area contributed by atoms with Crippen molar-refractivity contribution in [2.24, 2.45) is 0 Å². The van der Waals surface area contributed by atoms with Gasteiger partial charge < -0.3 is 0 Å². The van der Waals surface area contributed by atoms with E-state index in [0.29, 0.717) is 5.92 Å². The van der Waals surface area contributed by atoms with Crippen LogP contribution in [0.3, 0.4) is 0 Å². The van der Waals surface area contributed by atoms with Crippen molar-refractivity contribution in [3.63, 3.8) is 0 Å². The lowest BCUT2D eigenvalue weighted by molar-refractivity contribution is 0.562. The predicted molar refractivity (Wildman–Crippen MR) is 52.3 cm³/mol. The SMILES string of the molecule is CCCC(C)c1c(C)cncc1F. The van der Waals surface area contributed by atoms with Crippen LogP contribution >= 0.6 is 0 Å². The monoisotopic (exact) mass is 181 g/mol. The fourth-order valence-electron chi connectivity index (χ4n) is 1.74. The van der Waals surface area contributed by atoms with Gasteiger partial charge in [-0.1, -0.05) is 20.3 Å². The number of halogens is 1. The third kappa shape index (κ3) is 2.27. The number of nitrogens with zero attached hydrogens (tertiary/aromatic N) is 1. The normalized spacial score (nSPS) is 12.9. The maximum atomic E-state index is 13.4. The van der Waals surface area contributed by atoms with Gasteiger partial charge in [0.25, 0.3) is 0 Å². The molecule has 0 spiro atoms. The molecule has 0 amide bonds. The van der Waals surface area contributed by atoms with Crippen LogP contribution in [0, 0.1) is 12.7 Å². The Balaban J connectivity index is 2.98. The number of pyridine rings is 1. The first kappa shape index (κ1) is 10.2. The zero-order valence-electron chi connectivity index (χ0n) is 8.47. The molecule has 0 aromatic carbocycles. The van der Waals surface area contributed by atoms with Crippen LogP contribution in [-0.4, -0.2) is 4.98 Å². The Morgan fingerprint density at radius 1 is 1.46 bits per heavy atom. The van der Waals surface area contributed by atoms with Gasteiger partial charge in [0.05, 0.1) is 6.20 Å². The van der Waals surface area contributed by atoms with Crippen LogP contribution in [0.2, 0.25) is 0 Å². The maximum Gasteiger partial charge on any atom is 0.145 e. The highest BCUT2D eigenvalue weighted by molar-refractivity contribution is 5.26. The summed E-state index contributed by atoms with van der Waals surface area (Å²) in [6.45, 7) is 6.09. The first-order chi connectivity index (χ1) is 6.16. The van der Waals surface area contributed by atoms with Crippen molar-refractivity contribution >= 4 is 0 Å². The molecule has 1 atom stereocenters. The molecule has 0 fully saturated rings. The van der Waals surface area contributed by atoms with Gasteiger partial charge in [0.15, 0.2) is 0 Å². The van der Waals surface area contributed by atoms with E-state index in [1.54, 1.807) is 6.20 Å². The van der Waals surface area contributed by atoms with Crippen molar-refractivity contribution in [2.45, 2.75) is 39.5 Å². The third-order valence-corrected chi connectivity index (χ3v) is 2.35. The molecule has 0 aliphatic rings. The molecule has 0 saturated heterocycles. The van der Waals surface area contributed by atoms with Crippen LogP contribution in [0.4, 0.5) is 4.39 Å². The van der Waals surface area contributed by atoms with Crippen LogP contribution in [0.15, 0.2) is 12.4 Å². The molecule has 1 aromatic heterocycles. The lowest BCUT2D eigenvalue weighted by Gasteiger charge is -2.13. The number of aromatic nitrogens is 1. The highest BCUT2D eigenvalue weighted by Gasteiger charge is 2.12. The summed E-state index contributed by atoms with van der Waals surface area (Å²) in [6.07, 6.45) is 5.14. The number of hydrogen-bond donors (Lipinski definition) is 0. The second-order valence-electron chi connectivity index (χ2n) is 3.54. The summed E-state index contributed by atoms with van der Waals surface area (Å²) in [5.41, 5.74) is 1.79. The quantitative estimate of drug-likeness (QED) is 0.696. The molecule has 1 nitrogen and oxygen atoms in total. The fourth-order valence-corrected chi connectivity index (χ4v) is 1.74. The summed E-state index contributed by atoms with van der Waals surface area (Å²) in [6, 6.07) is 0. The highest BCUT2D eigenvalue weighted by atomic mass is 19.1. The van der Waals surface area contributed by atoms with E-state index in [2.05, 4.69) is 18.8 Å². The zero-order chi connectivity index (χ0) is 9.84. The number of aryl methyl sites for hydroxylation is 1. The average molecular weight is 181 g/mol. The molecular formula is C11H16FN. The Morgan fingerprint density at radius 3 is 2.69 bits per heavy atom. The number of rotatable bonds is 3. The van der Waals surface area contributed by atoms with E-state index in [9.17, 15) is 4.39 Å². The van der Waals surface area contributed by atoms with E-state index < -0.39 is 0 Å². The van der Waals surface area contributed by atoms with Gasteiger partial charge in [-0.3, -0.25) is 4.98 Å². The summed E-state index contributed by atoms with van der Waals surface area (Å²) in [5.74, 6) is 0.133. The van der Waals surface area contributed by atoms with Gasteiger partial charge in [0.2, 0.25) is 0 Å². The Bertz CT molecular complexity index is 263. The molecule has 72 valence electrons. The van der Waals surface area contributed by atoms with Crippen LogP contribution in [0.25, 0.3) is 0 Å². The van der Waals surface area contributed by atoms with Gasteiger partial charge >= 0.3 is 0 Å². The topological polar surface area (TPSA) is 12.9 Å². The van der Waals surface area contributed by atoms with Crippen LogP contribution in [0.1, 0.15) is 43.7 Å². The number of hydrogen-bond acceptors (Lipinski definition) is 1. The van der Waals surface area contributed by atoms with Gasteiger partial charge in [-0.15, -0.1) is 0 Å². The van der Waals surface area contributed by atoms with Crippen LogP contribution < -0.4 is 0 Å². The zero-order valence-corrected chi connectivity index (χ0v) is 8.47. The Hall–Kier alpha value is -0.920. The molecule has 0 aliphatic heterocycles. The third-order valence-electron chi connectivity index (χ3n) is 2.35. The predicted octanol–water partition coefficient (Wildman–Crippen LogP) is 3.43. The second-order valence-corrected chi connectivity index (χ2v) is 3.54. The van der Waals surface area contributed by atoms with Crippen molar-refractivity contribution < 1.29 is 4.39 Å². The van der Waals surface area contributed by atoms with E-state index >= 15 is 0 Å². The van der Waals surface area contributed by atoms with Crippen LogP contribution in [0.5, 0.6) is 0 Å². The largest absolute Gasteiger partial charge is 0.261 e. The molecule has 1 heterocycles. The minimum Gasteiger partial charge on any atom is -0.261 e. The van der Waals surface area contributed by atoms with E-state index in [0.717, 1.165) is 24.0 Å². The van der Waals surface area contributed by atoms with Gasteiger partial charge in [-0.25, -0.2) is 4.39 Å². The Labute approximate surface area is 79.0 Å². The van der Waals surface area contributed by atoms with Gasteiger partial charge in [-0.05, 0) is 30.4 Å². The van der Waals surface area contributed by atoms with E-state index in [4.69, 9.17) is 0 Å². The van der Waals surface area contributed by atoms with Crippen LogP contribution in [-0.2, 0) is 0 Å². The van der Waals surface area contributed by atoms with Crippen molar-refractivity contribution in [1.82, 2.24) is 4.98 Å². The summed E-state index contributed by atoms with van der Waals surface area (Å²) < 4.78 is 13.4. The van der Waals surface area contributed by atoms with Gasteiger partial charge in [0, 0.05) is 6.20 Å². The van der Waals surface area contributed by atoms with Crippen molar-refractivity contribution in [3.8, 4) is 0 Å². The molecule has 0 N–H and O–H groups in total. The first-order valence-corrected chi connectivity index (χ1v) is 4.76. The molecule has 1 unspecified atom stereocenters. The fraction of sp³-hybridized carbons (Fsp3) is 0.545. The van der Waals surface area contributed by atoms with Crippen molar-refractivity contribution in [1.29, 1.82) is 0 Å². The molecule has 13 heavy (non-hydrogen) atoms. The maximum absolute atomic E-state index is 13.4. The first-order valence-electron chi connectivity index (χ1n) is 4.76. The van der Waals surface area contributed by atoms with Gasteiger partial charge in [0.1, 0.15) is 5.82 Å². The smallest absolute Gasteiger partial charge is 0.145 e. The molecule has 2 heteroatoms. The lowest BCUT2D eigenvalue weighted by Crippen LogP contribution is -2.01. The Morgan fingerprint density at radius 2 is 2.15 bits per heavy atom. The summed E-state index contributed by atoms with van der Waals surface area (Å²) >= 11 is 0. The van der Waals surface area contributed by atoms with Crippen molar-refractivity contribution in [2.75, 3.05) is 0 Å². The molecule has 0 aliphatic carbocycles. The minimum atomic E-state index is -0.166. The summed E-state index contributed by atoms with van der Waals surface area (Å²) in [5, 5.41) is 0. The molecule has 0 saturated carbocycles. The van der Waals surface area contributed by atoms with E-state index in [-0.39, 0.29) is 5.82 Å². The second kappa shape index (κ2) is 4.35. The summed E-state index contributed by atoms with van der Waals surface area (Å²) in [7, 11) is 0. The lowest BCUT2D eigenvalue weighted by atomic mass is 9.94. The molecule has 0 radical (unpaired) electrons. The molecular weight excluding hydrogens is 165 g/mol. The average Bonchev–Trinajstić information content (AvgIpc) is 2.04. The molecule has 1 aromatic rings. The molecule has 1 rings (SSSR count). The minimum absolute atomic E-state index is 0.166. The van der Waals surface area contributed by atoms with Gasteiger partial charge in [-0.2, -0.15) is 0 Å². The van der Waals surface area contributed by atoms with E-state index in [1.165, 1.54) is 6.20 Å².